The third-order valence-electron chi connectivity index (χ3n) is 2.32. The van der Waals surface area contributed by atoms with Gasteiger partial charge < -0.3 is 5.32 Å². The van der Waals surface area contributed by atoms with Gasteiger partial charge in [0, 0.05) is 27.6 Å². The Morgan fingerprint density at radius 2 is 2.24 bits per heavy atom. The molecule has 1 aromatic rings. The van der Waals surface area contributed by atoms with Crippen molar-refractivity contribution in [2.45, 2.75) is 30.7 Å². The molecule has 0 fully saturated rings. The highest BCUT2D eigenvalue weighted by Gasteiger charge is 2.08. The summed E-state index contributed by atoms with van der Waals surface area (Å²) >= 11 is 5.40. The molecule has 0 spiro atoms. The highest BCUT2D eigenvalue weighted by molar-refractivity contribution is 9.10. The maximum Gasteiger partial charge on any atom is 0.0311 e. The molecule has 1 aromatic carbocycles. The van der Waals surface area contributed by atoms with E-state index in [0.717, 1.165) is 29.6 Å². The molecule has 0 amide bonds. The molecular weight excluding hydrogens is 294 g/mol. The van der Waals surface area contributed by atoms with Crippen LogP contribution in [0.4, 0.5) is 0 Å². The van der Waals surface area contributed by atoms with Crippen LogP contribution in [-0.4, -0.2) is 18.3 Å². The van der Waals surface area contributed by atoms with Crippen LogP contribution in [0.25, 0.3) is 0 Å². The van der Waals surface area contributed by atoms with Crippen LogP contribution in [0.1, 0.15) is 19.8 Å². The minimum atomic E-state index is 0.400. The van der Waals surface area contributed by atoms with Crippen molar-refractivity contribution in [2.75, 3.05) is 12.3 Å². The topological polar surface area (TPSA) is 12.0 Å². The molecule has 0 aliphatic rings. The number of hydrogen-bond donors (Lipinski definition) is 1. The Morgan fingerprint density at radius 3 is 2.88 bits per heavy atom. The lowest BCUT2D eigenvalue weighted by Crippen LogP contribution is -2.31. The maximum absolute atomic E-state index is 5.39. The second-order valence-electron chi connectivity index (χ2n) is 3.80. The SMILES string of the molecule is C#CCC(CSc1ccccc1Br)NCCC. The van der Waals surface area contributed by atoms with Crippen LogP contribution >= 0.6 is 27.7 Å². The van der Waals surface area contributed by atoms with Crippen LogP contribution in [0.3, 0.4) is 0 Å². The molecule has 92 valence electrons. The van der Waals surface area contributed by atoms with Gasteiger partial charge in [0.1, 0.15) is 0 Å². The zero-order chi connectivity index (χ0) is 12.5. The van der Waals surface area contributed by atoms with E-state index in [1.165, 1.54) is 4.90 Å². The minimum absolute atomic E-state index is 0.400. The van der Waals surface area contributed by atoms with Gasteiger partial charge in [-0.3, -0.25) is 0 Å². The number of nitrogens with one attached hydrogen (secondary N) is 1. The van der Waals surface area contributed by atoms with Crippen LogP contribution in [0, 0.1) is 12.3 Å². The number of hydrogen-bond acceptors (Lipinski definition) is 2. The van der Waals surface area contributed by atoms with Crippen molar-refractivity contribution in [1.29, 1.82) is 0 Å². The van der Waals surface area contributed by atoms with Gasteiger partial charge in [0.15, 0.2) is 0 Å². The largest absolute Gasteiger partial charge is 0.312 e. The van der Waals surface area contributed by atoms with Gasteiger partial charge in [-0.2, -0.15) is 0 Å². The summed E-state index contributed by atoms with van der Waals surface area (Å²) in [5.41, 5.74) is 0. The Balaban J connectivity index is 2.46. The molecular formula is C14H18BrNS. The number of rotatable bonds is 7. The second-order valence-corrected chi connectivity index (χ2v) is 5.72. The predicted molar refractivity (Wildman–Crippen MR) is 80.4 cm³/mol. The molecule has 0 aliphatic heterocycles. The van der Waals surface area contributed by atoms with Crippen LogP contribution in [-0.2, 0) is 0 Å². The zero-order valence-corrected chi connectivity index (χ0v) is 12.5. The fourth-order valence-corrected chi connectivity index (χ4v) is 3.06. The second kappa shape index (κ2) is 8.63. The summed E-state index contributed by atoms with van der Waals surface area (Å²) in [5, 5.41) is 3.48. The van der Waals surface area contributed by atoms with Gasteiger partial charge in [-0.05, 0) is 41.0 Å². The first-order chi connectivity index (χ1) is 8.27. The van der Waals surface area contributed by atoms with Crippen molar-refractivity contribution in [3.05, 3.63) is 28.7 Å². The van der Waals surface area contributed by atoms with Gasteiger partial charge in [0.25, 0.3) is 0 Å². The predicted octanol–water partition coefficient (Wildman–Crippen LogP) is 3.93. The lowest BCUT2D eigenvalue weighted by atomic mass is 10.2. The number of thioether (sulfide) groups is 1. The molecule has 0 radical (unpaired) electrons. The van der Waals surface area contributed by atoms with E-state index in [4.69, 9.17) is 6.42 Å². The monoisotopic (exact) mass is 311 g/mol. The van der Waals surface area contributed by atoms with Crippen molar-refractivity contribution < 1.29 is 0 Å². The molecule has 1 N–H and O–H groups in total. The summed E-state index contributed by atoms with van der Waals surface area (Å²) in [6, 6.07) is 8.68. The fraction of sp³-hybridized carbons (Fsp3) is 0.429. The highest BCUT2D eigenvalue weighted by atomic mass is 79.9. The summed E-state index contributed by atoms with van der Waals surface area (Å²) in [6.45, 7) is 3.20. The molecule has 1 atom stereocenters. The van der Waals surface area contributed by atoms with E-state index in [0.29, 0.717) is 6.04 Å². The van der Waals surface area contributed by atoms with E-state index in [1.807, 2.05) is 17.8 Å². The van der Waals surface area contributed by atoms with Gasteiger partial charge in [-0.25, -0.2) is 0 Å². The smallest absolute Gasteiger partial charge is 0.0311 e. The Kier molecular flexibility index (Phi) is 7.43. The van der Waals surface area contributed by atoms with Gasteiger partial charge in [0.05, 0.1) is 0 Å². The lowest BCUT2D eigenvalue weighted by Gasteiger charge is -2.15. The molecule has 0 bridgehead atoms. The van der Waals surface area contributed by atoms with Crippen molar-refractivity contribution in [3.63, 3.8) is 0 Å². The van der Waals surface area contributed by atoms with Crippen LogP contribution in [0.5, 0.6) is 0 Å². The van der Waals surface area contributed by atoms with Gasteiger partial charge in [-0.1, -0.05) is 19.1 Å². The fourth-order valence-electron chi connectivity index (χ4n) is 1.43. The first kappa shape index (κ1) is 14.6. The maximum atomic E-state index is 5.39. The van der Waals surface area contributed by atoms with E-state index >= 15 is 0 Å². The first-order valence-corrected chi connectivity index (χ1v) is 7.60. The highest BCUT2D eigenvalue weighted by Crippen LogP contribution is 2.27. The van der Waals surface area contributed by atoms with E-state index in [1.54, 1.807) is 0 Å². The molecule has 0 aliphatic carbocycles. The summed E-state index contributed by atoms with van der Waals surface area (Å²) in [5.74, 6) is 3.75. The molecule has 3 heteroatoms. The van der Waals surface area contributed by atoms with E-state index in [9.17, 15) is 0 Å². The first-order valence-electron chi connectivity index (χ1n) is 5.82. The van der Waals surface area contributed by atoms with Crippen molar-refractivity contribution in [1.82, 2.24) is 5.32 Å². The van der Waals surface area contributed by atoms with E-state index in [2.05, 4.69) is 52.3 Å². The molecule has 0 saturated heterocycles. The van der Waals surface area contributed by atoms with Crippen molar-refractivity contribution >= 4 is 27.7 Å². The quantitative estimate of drug-likeness (QED) is 0.605. The van der Waals surface area contributed by atoms with Crippen molar-refractivity contribution in [2.24, 2.45) is 0 Å². The third kappa shape index (κ3) is 5.63. The van der Waals surface area contributed by atoms with Crippen LogP contribution in [0.2, 0.25) is 0 Å². The minimum Gasteiger partial charge on any atom is -0.312 e. The van der Waals surface area contributed by atoms with Gasteiger partial charge in [-0.15, -0.1) is 24.1 Å². The molecule has 1 nitrogen and oxygen atoms in total. The van der Waals surface area contributed by atoms with Gasteiger partial charge in [0.2, 0.25) is 0 Å². The molecule has 0 heterocycles. The number of halogens is 1. The standard InChI is InChI=1S/C14H18BrNS/c1-3-7-12(16-10-4-2)11-17-14-9-6-5-8-13(14)15/h1,5-6,8-9,12,16H,4,7,10-11H2,2H3. The average molecular weight is 312 g/mol. The van der Waals surface area contributed by atoms with E-state index < -0.39 is 0 Å². The molecule has 0 aromatic heterocycles. The lowest BCUT2D eigenvalue weighted by molar-refractivity contribution is 0.563. The summed E-state index contributed by atoms with van der Waals surface area (Å²) in [6.07, 6.45) is 7.32. The Hall–Kier alpha value is -0.430. The summed E-state index contributed by atoms with van der Waals surface area (Å²) < 4.78 is 1.15. The number of terminal acetylenes is 1. The Labute approximate surface area is 117 Å². The van der Waals surface area contributed by atoms with Crippen molar-refractivity contribution in [3.8, 4) is 12.3 Å². The Bertz CT molecular complexity index is 373. The average Bonchev–Trinajstić information content (AvgIpc) is 2.34. The molecule has 0 saturated carbocycles. The normalized spacial score (nSPS) is 12.1. The number of benzene rings is 1. The molecule has 1 rings (SSSR count). The van der Waals surface area contributed by atoms with Gasteiger partial charge >= 0.3 is 0 Å². The van der Waals surface area contributed by atoms with Crippen LogP contribution in [0.15, 0.2) is 33.6 Å². The summed E-state index contributed by atoms with van der Waals surface area (Å²) in [4.78, 5) is 1.27. The molecule has 1 unspecified atom stereocenters. The third-order valence-corrected chi connectivity index (χ3v) is 4.51. The zero-order valence-electron chi connectivity index (χ0n) is 10.1. The molecule has 17 heavy (non-hydrogen) atoms. The van der Waals surface area contributed by atoms with Crippen LogP contribution < -0.4 is 5.32 Å². The summed E-state index contributed by atoms with van der Waals surface area (Å²) in [7, 11) is 0. The Morgan fingerprint density at radius 1 is 1.47 bits per heavy atom. The van der Waals surface area contributed by atoms with E-state index in [-0.39, 0.29) is 0 Å².